The topological polar surface area (TPSA) is 67.5 Å². The smallest absolute Gasteiger partial charge is 0.144 e. The van der Waals surface area contributed by atoms with Crippen molar-refractivity contribution in [2.24, 2.45) is 0 Å². The normalized spacial score (nSPS) is 12.6. The van der Waals surface area contributed by atoms with Crippen LogP contribution in [-0.2, 0) is 0 Å². The maximum absolute atomic E-state index is 8.95. The zero-order chi connectivity index (χ0) is 12.1. The lowest BCUT2D eigenvalue weighted by Crippen LogP contribution is -2.19. The Kier molecular flexibility index (Phi) is 4.43. The quantitative estimate of drug-likeness (QED) is 0.668. The molecule has 4 nitrogen and oxygen atoms in total. The molecule has 4 N–H and O–H groups in total. The van der Waals surface area contributed by atoms with E-state index in [1.807, 2.05) is 32.9 Å². The Balaban J connectivity index is 2.80. The second kappa shape index (κ2) is 5.61. The second-order valence-electron chi connectivity index (χ2n) is 4.15. The van der Waals surface area contributed by atoms with E-state index in [9.17, 15) is 0 Å². The minimum atomic E-state index is 0.00974. The molecule has 0 radical (unpaired) electrons. The van der Waals surface area contributed by atoms with Crippen LogP contribution >= 0.6 is 0 Å². The van der Waals surface area contributed by atoms with Gasteiger partial charge in [-0.05, 0) is 32.9 Å². The number of rotatable bonds is 5. The van der Waals surface area contributed by atoms with Crippen LogP contribution in [0.25, 0.3) is 0 Å². The van der Waals surface area contributed by atoms with Gasteiger partial charge in [0, 0.05) is 17.8 Å². The Morgan fingerprint density at radius 2 is 2.06 bits per heavy atom. The van der Waals surface area contributed by atoms with Crippen LogP contribution in [0.3, 0.4) is 0 Å². The van der Waals surface area contributed by atoms with Gasteiger partial charge in [-0.2, -0.15) is 0 Å². The maximum Gasteiger partial charge on any atom is 0.144 e. The van der Waals surface area contributed by atoms with Crippen LogP contribution in [0, 0.1) is 0 Å². The van der Waals surface area contributed by atoms with Gasteiger partial charge in [-0.3, -0.25) is 0 Å². The van der Waals surface area contributed by atoms with Crippen molar-refractivity contribution in [1.29, 1.82) is 0 Å². The molecule has 1 aromatic rings. The number of nitrogens with two attached hydrogens (primary N) is 1. The molecule has 1 unspecified atom stereocenters. The highest BCUT2D eigenvalue weighted by Gasteiger charge is 2.06. The van der Waals surface area contributed by atoms with Gasteiger partial charge in [0.2, 0.25) is 0 Å². The fraction of sp³-hybridized carbons (Fsp3) is 0.500. The Morgan fingerprint density at radius 3 is 2.62 bits per heavy atom. The molecule has 0 aliphatic rings. The van der Waals surface area contributed by atoms with E-state index in [0.29, 0.717) is 11.4 Å². The summed E-state index contributed by atoms with van der Waals surface area (Å²) in [5.74, 6) is 0.671. The molecule has 0 spiro atoms. The average molecular weight is 224 g/mol. The molecule has 1 rings (SSSR count). The zero-order valence-corrected chi connectivity index (χ0v) is 10.0. The largest absolute Gasteiger partial charge is 0.489 e. The maximum atomic E-state index is 8.95. The Hall–Kier alpha value is -1.42. The van der Waals surface area contributed by atoms with Gasteiger partial charge in [0.05, 0.1) is 18.4 Å². The van der Waals surface area contributed by atoms with Gasteiger partial charge in [-0.25, -0.2) is 0 Å². The molecule has 0 fully saturated rings. The van der Waals surface area contributed by atoms with E-state index in [-0.39, 0.29) is 18.8 Å². The second-order valence-corrected chi connectivity index (χ2v) is 4.15. The number of ether oxygens (including phenoxy) is 1. The zero-order valence-electron chi connectivity index (χ0n) is 10.0. The van der Waals surface area contributed by atoms with Crippen molar-refractivity contribution < 1.29 is 9.84 Å². The molecule has 0 bridgehead atoms. The summed E-state index contributed by atoms with van der Waals surface area (Å²) in [6.07, 6.45) is 0.0906. The summed E-state index contributed by atoms with van der Waals surface area (Å²) in [5.41, 5.74) is 7.31. The van der Waals surface area contributed by atoms with Gasteiger partial charge >= 0.3 is 0 Å². The van der Waals surface area contributed by atoms with Crippen LogP contribution in [0.4, 0.5) is 11.4 Å². The van der Waals surface area contributed by atoms with Gasteiger partial charge < -0.3 is 20.9 Å². The molecule has 0 saturated carbocycles. The predicted octanol–water partition coefficient (Wildman–Crippen LogP) is 1.85. The third-order valence-corrected chi connectivity index (χ3v) is 2.06. The lowest BCUT2D eigenvalue weighted by Gasteiger charge is -2.16. The van der Waals surface area contributed by atoms with Crippen molar-refractivity contribution in [1.82, 2.24) is 0 Å². The van der Waals surface area contributed by atoms with Crippen LogP contribution in [0.1, 0.15) is 20.8 Å². The van der Waals surface area contributed by atoms with E-state index < -0.39 is 0 Å². The molecule has 90 valence electrons. The van der Waals surface area contributed by atoms with Crippen LogP contribution < -0.4 is 15.8 Å². The van der Waals surface area contributed by atoms with Crippen molar-refractivity contribution in [3.63, 3.8) is 0 Å². The summed E-state index contributed by atoms with van der Waals surface area (Å²) in [5, 5.41) is 12.1. The predicted molar refractivity (Wildman–Crippen MR) is 66.8 cm³/mol. The molecule has 0 aromatic heterocycles. The lowest BCUT2D eigenvalue weighted by atomic mass is 10.2. The van der Waals surface area contributed by atoms with E-state index in [1.54, 1.807) is 6.07 Å². The first-order chi connectivity index (χ1) is 7.52. The van der Waals surface area contributed by atoms with Gasteiger partial charge in [0.15, 0.2) is 0 Å². The minimum Gasteiger partial charge on any atom is -0.489 e. The van der Waals surface area contributed by atoms with E-state index >= 15 is 0 Å². The van der Waals surface area contributed by atoms with Gasteiger partial charge in [-0.1, -0.05) is 0 Å². The van der Waals surface area contributed by atoms with E-state index in [2.05, 4.69) is 5.32 Å². The van der Waals surface area contributed by atoms with Crippen LogP contribution in [0.15, 0.2) is 18.2 Å². The van der Waals surface area contributed by atoms with Crippen molar-refractivity contribution in [3.8, 4) is 5.75 Å². The molecule has 16 heavy (non-hydrogen) atoms. The van der Waals surface area contributed by atoms with Gasteiger partial charge in [0.1, 0.15) is 5.75 Å². The average Bonchev–Trinajstić information content (AvgIpc) is 2.22. The highest BCUT2D eigenvalue weighted by molar-refractivity contribution is 5.61. The van der Waals surface area contributed by atoms with Crippen molar-refractivity contribution in [3.05, 3.63) is 18.2 Å². The molecule has 1 atom stereocenters. The van der Waals surface area contributed by atoms with Crippen molar-refractivity contribution in [2.45, 2.75) is 32.9 Å². The number of nitrogen functional groups attached to an aromatic ring is 1. The lowest BCUT2D eigenvalue weighted by molar-refractivity contribution is 0.244. The van der Waals surface area contributed by atoms with E-state index in [4.69, 9.17) is 15.6 Å². The van der Waals surface area contributed by atoms with Crippen LogP contribution in [0.2, 0.25) is 0 Å². The summed E-state index contributed by atoms with van der Waals surface area (Å²) in [6, 6.07) is 5.52. The van der Waals surface area contributed by atoms with Crippen molar-refractivity contribution >= 4 is 11.4 Å². The molecule has 0 amide bonds. The highest BCUT2D eigenvalue weighted by atomic mass is 16.5. The van der Waals surface area contributed by atoms with Gasteiger partial charge in [-0.15, -0.1) is 0 Å². The van der Waals surface area contributed by atoms with E-state index in [1.165, 1.54) is 0 Å². The first-order valence-corrected chi connectivity index (χ1v) is 5.46. The summed E-state index contributed by atoms with van der Waals surface area (Å²) >= 11 is 0. The standard InChI is InChI=1S/C12H20N2O2/c1-8(2)16-12-6-10(4-5-11(12)13)14-9(3)7-15/h4-6,8-9,14-15H,7,13H2,1-3H3. The summed E-state index contributed by atoms with van der Waals surface area (Å²) in [6.45, 7) is 5.90. The van der Waals surface area contributed by atoms with Crippen molar-refractivity contribution in [2.75, 3.05) is 17.7 Å². The Morgan fingerprint density at radius 1 is 1.38 bits per heavy atom. The number of hydrogen-bond donors (Lipinski definition) is 3. The Bertz CT molecular complexity index is 340. The minimum absolute atomic E-state index is 0.00974. The molecule has 0 heterocycles. The number of aliphatic hydroxyl groups excluding tert-OH is 1. The number of anilines is 2. The first-order valence-electron chi connectivity index (χ1n) is 5.46. The van der Waals surface area contributed by atoms with Gasteiger partial charge in [0.25, 0.3) is 0 Å². The number of nitrogens with one attached hydrogen (secondary N) is 1. The first kappa shape index (κ1) is 12.6. The van der Waals surface area contributed by atoms with E-state index in [0.717, 1.165) is 5.69 Å². The molecule has 4 heteroatoms. The SMILES string of the molecule is CC(CO)Nc1ccc(N)c(OC(C)C)c1. The molecule has 0 saturated heterocycles. The fourth-order valence-electron chi connectivity index (χ4n) is 1.31. The fourth-order valence-corrected chi connectivity index (χ4v) is 1.31. The number of aliphatic hydroxyl groups is 1. The summed E-state index contributed by atoms with van der Waals surface area (Å²) in [7, 11) is 0. The molecule has 0 aliphatic carbocycles. The summed E-state index contributed by atoms with van der Waals surface area (Å²) < 4.78 is 5.57. The van der Waals surface area contributed by atoms with Crippen LogP contribution in [0.5, 0.6) is 5.75 Å². The third kappa shape index (κ3) is 3.62. The molecule has 0 aliphatic heterocycles. The number of hydrogen-bond acceptors (Lipinski definition) is 4. The number of benzene rings is 1. The molecular formula is C12H20N2O2. The molecule has 1 aromatic carbocycles. The third-order valence-electron chi connectivity index (χ3n) is 2.06. The highest BCUT2D eigenvalue weighted by Crippen LogP contribution is 2.26. The summed E-state index contributed by atoms with van der Waals surface area (Å²) in [4.78, 5) is 0. The molecular weight excluding hydrogens is 204 g/mol. The monoisotopic (exact) mass is 224 g/mol. The Labute approximate surface area is 96.4 Å². The van der Waals surface area contributed by atoms with Crippen LogP contribution in [-0.4, -0.2) is 23.9 Å².